The van der Waals surface area contributed by atoms with E-state index in [0.717, 1.165) is 30.4 Å². The van der Waals surface area contributed by atoms with Crippen LogP contribution >= 0.6 is 0 Å². The van der Waals surface area contributed by atoms with Crippen LogP contribution in [0.5, 0.6) is 0 Å². The Balaban J connectivity index is 2.43. The molecule has 4 heteroatoms. The summed E-state index contributed by atoms with van der Waals surface area (Å²) in [6.45, 7) is 5.81. The molecule has 1 amide bonds. The van der Waals surface area contributed by atoms with Crippen LogP contribution in [0.1, 0.15) is 56.3 Å². The summed E-state index contributed by atoms with van der Waals surface area (Å²) in [4.78, 5) is 13.2. The Bertz CT molecular complexity index is 505. The normalized spacial score (nSPS) is 18.5. The zero-order valence-electron chi connectivity index (χ0n) is 12.4. The number of aryl methyl sites for hydroxylation is 1. The van der Waals surface area contributed by atoms with Gasteiger partial charge in [0, 0.05) is 5.54 Å². The first-order valence-corrected chi connectivity index (χ1v) is 7.09. The van der Waals surface area contributed by atoms with Crippen LogP contribution in [0.15, 0.2) is 18.2 Å². The van der Waals surface area contributed by atoms with E-state index < -0.39 is 11.6 Å². The molecular formula is C16H23NO3. The Morgan fingerprint density at radius 1 is 1.40 bits per heavy atom. The Morgan fingerprint density at radius 2 is 2.10 bits per heavy atom. The van der Waals surface area contributed by atoms with Gasteiger partial charge in [0.2, 0.25) is 0 Å². The van der Waals surface area contributed by atoms with E-state index in [9.17, 15) is 15.0 Å². The number of amides is 1. The lowest BCUT2D eigenvalue weighted by Gasteiger charge is -2.42. The number of carbonyl (C=O) groups is 1. The lowest BCUT2D eigenvalue weighted by Crippen LogP contribution is -2.48. The fraction of sp³-hybridized carbons (Fsp3) is 0.562. The molecule has 1 atom stereocenters. The summed E-state index contributed by atoms with van der Waals surface area (Å²) < 4.78 is 0. The van der Waals surface area contributed by atoms with Gasteiger partial charge in [-0.3, -0.25) is 4.90 Å². The van der Waals surface area contributed by atoms with Gasteiger partial charge in [-0.1, -0.05) is 18.2 Å². The van der Waals surface area contributed by atoms with E-state index in [0.29, 0.717) is 0 Å². The van der Waals surface area contributed by atoms with E-state index >= 15 is 0 Å². The zero-order chi connectivity index (χ0) is 14.9. The number of nitrogens with zero attached hydrogens (tertiary/aromatic N) is 1. The number of aliphatic hydroxyl groups excluding tert-OH is 1. The monoisotopic (exact) mass is 277 g/mol. The second-order valence-corrected chi connectivity index (χ2v) is 6.42. The van der Waals surface area contributed by atoms with Gasteiger partial charge in [0.15, 0.2) is 0 Å². The minimum absolute atomic E-state index is 0.0276. The molecule has 0 bridgehead atoms. The first-order valence-electron chi connectivity index (χ1n) is 7.09. The van der Waals surface area contributed by atoms with E-state index in [1.54, 1.807) is 4.90 Å². The van der Waals surface area contributed by atoms with Crippen molar-refractivity contribution in [3.05, 3.63) is 34.9 Å². The van der Waals surface area contributed by atoms with Crippen molar-refractivity contribution in [1.82, 2.24) is 4.90 Å². The summed E-state index contributed by atoms with van der Waals surface area (Å²) >= 11 is 0. The van der Waals surface area contributed by atoms with Gasteiger partial charge in [-0.25, -0.2) is 4.79 Å². The first-order chi connectivity index (χ1) is 9.34. The fourth-order valence-electron chi connectivity index (χ4n) is 3.10. The van der Waals surface area contributed by atoms with Gasteiger partial charge < -0.3 is 10.2 Å². The van der Waals surface area contributed by atoms with Crippen molar-refractivity contribution in [2.24, 2.45) is 0 Å². The molecule has 0 spiro atoms. The molecule has 0 saturated carbocycles. The topological polar surface area (TPSA) is 60.8 Å². The van der Waals surface area contributed by atoms with Crippen molar-refractivity contribution >= 4 is 6.09 Å². The maximum absolute atomic E-state index is 11.7. The molecule has 2 N–H and O–H groups in total. The van der Waals surface area contributed by atoms with E-state index in [4.69, 9.17) is 0 Å². The maximum atomic E-state index is 11.7. The number of rotatable bonds is 2. The smallest absolute Gasteiger partial charge is 0.408 e. The number of aliphatic hydroxyl groups is 1. The van der Waals surface area contributed by atoms with Crippen molar-refractivity contribution in [2.75, 3.05) is 0 Å². The molecule has 1 aliphatic carbocycles. The summed E-state index contributed by atoms with van der Waals surface area (Å²) in [6, 6.07) is 5.78. The molecule has 1 aromatic carbocycles. The molecule has 20 heavy (non-hydrogen) atoms. The summed E-state index contributed by atoms with van der Waals surface area (Å²) in [6.07, 6.45) is 1.92. The van der Waals surface area contributed by atoms with Crippen LogP contribution in [0.3, 0.4) is 0 Å². The molecule has 0 heterocycles. The van der Waals surface area contributed by atoms with E-state index in [-0.39, 0.29) is 12.6 Å². The summed E-state index contributed by atoms with van der Waals surface area (Å²) in [5.41, 5.74) is 2.72. The Hall–Kier alpha value is -1.55. The van der Waals surface area contributed by atoms with Crippen LogP contribution in [-0.4, -0.2) is 26.7 Å². The van der Waals surface area contributed by atoms with Crippen LogP contribution in [0.4, 0.5) is 4.79 Å². The van der Waals surface area contributed by atoms with Gasteiger partial charge in [-0.15, -0.1) is 0 Å². The van der Waals surface area contributed by atoms with Crippen molar-refractivity contribution in [1.29, 1.82) is 0 Å². The lowest BCUT2D eigenvalue weighted by atomic mass is 9.84. The van der Waals surface area contributed by atoms with E-state index in [1.165, 1.54) is 5.56 Å². The largest absolute Gasteiger partial charge is 0.465 e. The third-order valence-electron chi connectivity index (χ3n) is 3.91. The Morgan fingerprint density at radius 3 is 2.65 bits per heavy atom. The molecule has 110 valence electrons. The predicted octanol–water partition coefficient (Wildman–Crippen LogP) is 3.33. The van der Waals surface area contributed by atoms with Crippen LogP contribution < -0.4 is 0 Å². The SMILES string of the molecule is CC(C)(C)N(C(=O)O)C1CCCc2cc(CO)ccc21. The highest BCUT2D eigenvalue weighted by atomic mass is 16.4. The average molecular weight is 277 g/mol. The van der Waals surface area contributed by atoms with Crippen LogP contribution in [-0.2, 0) is 13.0 Å². The minimum Gasteiger partial charge on any atom is -0.465 e. The summed E-state index contributed by atoms with van der Waals surface area (Å²) in [5.74, 6) is 0. The van der Waals surface area contributed by atoms with Gasteiger partial charge in [0.25, 0.3) is 0 Å². The molecule has 1 aromatic rings. The zero-order valence-corrected chi connectivity index (χ0v) is 12.4. The van der Waals surface area contributed by atoms with Crippen molar-refractivity contribution in [3.63, 3.8) is 0 Å². The van der Waals surface area contributed by atoms with E-state index in [2.05, 4.69) is 0 Å². The van der Waals surface area contributed by atoms with Gasteiger partial charge in [-0.05, 0) is 56.7 Å². The lowest BCUT2D eigenvalue weighted by molar-refractivity contribution is 0.0637. The van der Waals surface area contributed by atoms with Crippen LogP contribution in [0.25, 0.3) is 0 Å². The third-order valence-corrected chi connectivity index (χ3v) is 3.91. The second kappa shape index (κ2) is 5.44. The minimum atomic E-state index is -0.874. The molecule has 0 aliphatic heterocycles. The molecule has 0 radical (unpaired) electrons. The number of hydrogen-bond acceptors (Lipinski definition) is 2. The highest BCUT2D eigenvalue weighted by Gasteiger charge is 2.36. The molecule has 4 nitrogen and oxygen atoms in total. The highest BCUT2D eigenvalue weighted by Crippen LogP contribution is 2.38. The molecule has 0 saturated heterocycles. The number of fused-ring (bicyclic) bond motifs is 1. The average Bonchev–Trinajstić information content (AvgIpc) is 2.36. The Labute approximate surface area is 120 Å². The van der Waals surface area contributed by atoms with Gasteiger partial charge in [0.1, 0.15) is 0 Å². The van der Waals surface area contributed by atoms with Gasteiger partial charge >= 0.3 is 6.09 Å². The van der Waals surface area contributed by atoms with Gasteiger partial charge in [0.05, 0.1) is 12.6 Å². The Kier molecular flexibility index (Phi) is 4.04. The molecule has 2 rings (SSSR count). The van der Waals surface area contributed by atoms with Crippen molar-refractivity contribution in [2.45, 2.75) is 58.2 Å². The number of benzene rings is 1. The molecular weight excluding hydrogens is 254 g/mol. The highest BCUT2D eigenvalue weighted by molar-refractivity contribution is 5.67. The first kappa shape index (κ1) is 14.9. The molecule has 0 fully saturated rings. The molecule has 1 unspecified atom stereocenters. The maximum Gasteiger partial charge on any atom is 0.408 e. The van der Waals surface area contributed by atoms with Crippen LogP contribution in [0.2, 0.25) is 0 Å². The van der Waals surface area contributed by atoms with Crippen LogP contribution in [0, 0.1) is 0 Å². The van der Waals surface area contributed by atoms with E-state index in [1.807, 2.05) is 39.0 Å². The third kappa shape index (κ3) is 2.80. The van der Waals surface area contributed by atoms with Gasteiger partial charge in [-0.2, -0.15) is 0 Å². The predicted molar refractivity (Wildman–Crippen MR) is 77.7 cm³/mol. The molecule has 1 aliphatic rings. The second-order valence-electron chi connectivity index (χ2n) is 6.42. The number of hydrogen-bond donors (Lipinski definition) is 2. The quantitative estimate of drug-likeness (QED) is 0.871. The van der Waals surface area contributed by atoms with Crippen molar-refractivity contribution < 1.29 is 15.0 Å². The standard InChI is InChI=1S/C16H23NO3/c1-16(2,3)17(15(19)20)14-6-4-5-12-9-11(10-18)7-8-13(12)14/h7-9,14,18H,4-6,10H2,1-3H3,(H,19,20). The summed E-state index contributed by atoms with van der Waals surface area (Å²) in [7, 11) is 0. The molecule has 0 aromatic heterocycles. The fourth-order valence-corrected chi connectivity index (χ4v) is 3.10. The van der Waals surface area contributed by atoms with Crippen molar-refractivity contribution in [3.8, 4) is 0 Å². The summed E-state index contributed by atoms with van der Waals surface area (Å²) in [5, 5.41) is 18.8. The number of carboxylic acid groups (broad SMARTS) is 1.